The Morgan fingerprint density at radius 3 is 2.67 bits per heavy atom. The number of amides is 1. The van der Waals surface area contributed by atoms with Crippen LogP contribution >= 0.6 is 11.3 Å². The molecule has 0 unspecified atom stereocenters. The summed E-state index contributed by atoms with van der Waals surface area (Å²) in [6, 6.07) is 14.3. The monoisotopic (exact) mass is 298 g/mol. The first-order chi connectivity index (χ1) is 10.1. The summed E-state index contributed by atoms with van der Waals surface area (Å²) in [7, 11) is 0. The third-order valence-electron chi connectivity index (χ3n) is 3.79. The van der Waals surface area contributed by atoms with E-state index in [9.17, 15) is 4.79 Å². The van der Waals surface area contributed by atoms with Gasteiger partial charge in [0.2, 0.25) is 5.91 Å². The zero-order valence-electron chi connectivity index (χ0n) is 12.2. The minimum Gasteiger partial charge on any atom is -0.273 e. The molecule has 0 spiro atoms. The molecule has 1 fully saturated rings. The van der Waals surface area contributed by atoms with Gasteiger partial charge in [0, 0.05) is 10.8 Å². The molecule has 0 saturated heterocycles. The molecule has 0 bridgehead atoms. The maximum absolute atomic E-state index is 12.1. The van der Waals surface area contributed by atoms with E-state index in [-0.39, 0.29) is 11.8 Å². The van der Waals surface area contributed by atoms with Crippen molar-refractivity contribution in [2.75, 3.05) is 0 Å². The number of rotatable bonds is 4. The maximum atomic E-state index is 12.1. The second-order valence-electron chi connectivity index (χ2n) is 5.44. The average Bonchev–Trinajstić information content (AvgIpc) is 3.20. The molecule has 1 heterocycles. The van der Waals surface area contributed by atoms with Crippen molar-refractivity contribution in [3.8, 4) is 0 Å². The summed E-state index contributed by atoms with van der Waals surface area (Å²) < 4.78 is 0. The Bertz CT molecular complexity index is 675. The lowest BCUT2D eigenvalue weighted by Gasteiger charge is -2.01. The second-order valence-corrected chi connectivity index (χ2v) is 6.73. The molecule has 21 heavy (non-hydrogen) atoms. The van der Waals surface area contributed by atoms with Crippen LogP contribution in [0.4, 0.5) is 0 Å². The van der Waals surface area contributed by atoms with Crippen LogP contribution in [0, 0.1) is 12.8 Å². The van der Waals surface area contributed by atoms with Crippen LogP contribution < -0.4 is 5.43 Å². The van der Waals surface area contributed by atoms with Crippen LogP contribution in [0.5, 0.6) is 0 Å². The van der Waals surface area contributed by atoms with Gasteiger partial charge >= 0.3 is 0 Å². The smallest absolute Gasteiger partial charge is 0.243 e. The highest BCUT2D eigenvalue weighted by Gasteiger charge is 2.43. The third-order valence-corrected chi connectivity index (χ3v) is 4.90. The standard InChI is InChI=1S/C17H18N2OS/c1-11-8-9-16(21-11)12(2)18-19-17(20)15-10-14(15)13-6-4-3-5-7-13/h3-9,14-15H,10H2,1-2H3,(H,19,20)/b18-12-/t14-,15-/m0/s1. The molecule has 4 heteroatoms. The number of nitrogens with zero attached hydrogens (tertiary/aromatic N) is 1. The summed E-state index contributed by atoms with van der Waals surface area (Å²) >= 11 is 1.69. The van der Waals surface area contributed by atoms with Crippen molar-refractivity contribution < 1.29 is 4.79 Å². The van der Waals surface area contributed by atoms with Crippen LogP contribution in [0.3, 0.4) is 0 Å². The molecule has 0 aliphatic heterocycles. The van der Waals surface area contributed by atoms with Gasteiger partial charge in [0.25, 0.3) is 0 Å². The fraction of sp³-hybridized carbons (Fsp3) is 0.294. The lowest BCUT2D eigenvalue weighted by Crippen LogP contribution is -2.21. The first-order valence-electron chi connectivity index (χ1n) is 7.11. The van der Waals surface area contributed by atoms with Crippen molar-refractivity contribution in [1.29, 1.82) is 0 Å². The first kappa shape index (κ1) is 14.0. The quantitative estimate of drug-likeness (QED) is 0.678. The summed E-state index contributed by atoms with van der Waals surface area (Å²) in [6.07, 6.45) is 0.919. The highest BCUT2D eigenvalue weighted by Crippen LogP contribution is 2.47. The lowest BCUT2D eigenvalue weighted by molar-refractivity contribution is -0.122. The van der Waals surface area contributed by atoms with Crippen LogP contribution in [-0.4, -0.2) is 11.6 Å². The Balaban J connectivity index is 1.58. The molecule has 1 aromatic heterocycles. The first-order valence-corrected chi connectivity index (χ1v) is 7.92. The number of nitrogens with one attached hydrogen (secondary N) is 1. The summed E-state index contributed by atoms with van der Waals surface area (Å²) in [6.45, 7) is 3.99. The van der Waals surface area contributed by atoms with Gasteiger partial charge < -0.3 is 0 Å². The molecule has 1 saturated carbocycles. The highest BCUT2D eigenvalue weighted by atomic mass is 32.1. The third kappa shape index (κ3) is 3.22. The topological polar surface area (TPSA) is 41.5 Å². The average molecular weight is 298 g/mol. The molecule has 1 aromatic carbocycles. The number of carbonyl (C=O) groups excluding carboxylic acids is 1. The van der Waals surface area contributed by atoms with Crippen molar-refractivity contribution in [2.24, 2.45) is 11.0 Å². The molecule has 2 atom stereocenters. The van der Waals surface area contributed by atoms with E-state index in [4.69, 9.17) is 0 Å². The van der Waals surface area contributed by atoms with E-state index in [1.54, 1.807) is 11.3 Å². The van der Waals surface area contributed by atoms with Crippen molar-refractivity contribution >= 4 is 23.0 Å². The Hall–Kier alpha value is -1.94. The van der Waals surface area contributed by atoms with Crippen LogP contribution in [0.25, 0.3) is 0 Å². The Kier molecular flexibility index (Phi) is 3.88. The number of hydrogen-bond acceptors (Lipinski definition) is 3. The molecule has 1 aliphatic rings. The summed E-state index contributed by atoms with van der Waals surface area (Å²) in [5, 5.41) is 4.22. The molecule has 1 N–H and O–H groups in total. The van der Waals surface area contributed by atoms with Gasteiger partial charge in [-0.2, -0.15) is 5.10 Å². The number of aryl methyl sites for hydroxylation is 1. The number of carbonyl (C=O) groups is 1. The van der Waals surface area contributed by atoms with E-state index >= 15 is 0 Å². The van der Waals surface area contributed by atoms with Crippen molar-refractivity contribution in [2.45, 2.75) is 26.2 Å². The molecule has 1 aliphatic carbocycles. The van der Waals surface area contributed by atoms with Gasteiger partial charge in [0.05, 0.1) is 10.6 Å². The predicted molar refractivity (Wildman–Crippen MR) is 86.7 cm³/mol. The van der Waals surface area contributed by atoms with E-state index in [1.807, 2.05) is 31.2 Å². The number of hydrazone groups is 1. The summed E-state index contributed by atoms with van der Waals surface area (Å²) in [4.78, 5) is 14.5. The van der Waals surface area contributed by atoms with Crippen molar-refractivity contribution in [1.82, 2.24) is 5.43 Å². The van der Waals surface area contributed by atoms with Crippen molar-refractivity contribution in [3.05, 3.63) is 57.8 Å². The van der Waals surface area contributed by atoms with Crippen LogP contribution in [0.1, 0.15) is 34.6 Å². The number of thiophene rings is 1. The predicted octanol–water partition coefficient (Wildman–Crippen LogP) is 3.70. The molecule has 3 nitrogen and oxygen atoms in total. The minimum absolute atomic E-state index is 0.0245. The van der Waals surface area contributed by atoms with E-state index in [1.165, 1.54) is 10.4 Å². The molecule has 0 radical (unpaired) electrons. The van der Waals surface area contributed by atoms with E-state index in [0.717, 1.165) is 17.0 Å². The SMILES string of the molecule is C/C(=N/NC(=O)[C@H]1C[C@H]1c1ccccc1)c1ccc(C)s1. The lowest BCUT2D eigenvalue weighted by atomic mass is 10.1. The summed E-state index contributed by atoms with van der Waals surface area (Å²) in [5.41, 5.74) is 4.81. The van der Waals surface area contributed by atoms with Crippen molar-refractivity contribution in [3.63, 3.8) is 0 Å². The van der Waals surface area contributed by atoms with E-state index in [2.05, 4.69) is 35.7 Å². The molecular weight excluding hydrogens is 280 g/mol. The van der Waals surface area contributed by atoms with E-state index in [0.29, 0.717) is 5.92 Å². The van der Waals surface area contributed by atoms with Crippen LogP contribution in [0.15, 0.2) is 47.6 Å². The van der Waals surface area contributed by atoms with Gasteiger partial charge in [0.1, 0.15) is 0 Å². The minimum atomic E-state index is 0.0245. The number of hydrogen-bond donors (Lipinski definition) is 1. The second kappa shape index (κ2) is 5.82. The normalized spacial score (nSPS) is 21.1. The van der Waals surface area contributed by atoms with E-state index < -0.39 is 0 Å². The van der Waals surface area contributed by atoms with Gasteiger partial charge in [-0.1, -0.05) is 30.3 Å². The van der Waals surface area contributed by atoms with Gasteiger partial charge in [-0.25, -0.2) is 5.43 Å². The fourth-order valence-electron chi connectivity index (χ4n) is 2.46. The molecule has 1 amide bonds. The van der Waals surface area contributed by atoms with Crippen LogP contribution in [-0.2, 0) is 4.79 Å². The van der Waals surface area contributed by atoms with Gasteiger partial charge in [-0.15, -0.1) is 11.3 Å². The summed E-state index contributed by atoms with van der Waals surface area (Å²) in [5.74, 6) is 0.441. The Morgan fingerprint density at radius 1 is 1.24 bits per heavy atom. The zero-order valence-corrected chi connectivity index (χ0v) is 13.0. The maximum Gasteiger partial charge on any atom is 0.243 e. The Labute approximate surface area is 128 Å². The fourth-order valence-corrected chi connectivity index (χ4v) is 3.27. The number of benzene rings is 1. The van der Waals surface area contributed by atoms with Gasteiger partial charge in [-0.05, 0) is 43.9 Å². The largest absolute Gasteiger partial charge is 0.273 e. The molecule has 2 aromatic rings. The van der Waals surface area contributed by atoms with Gasteiger partial charge in [-0.3, -0.25) is 4.79 Å². The molecule has 108 valence electrons. The highest BCUT2D eigenvalue weighted by molar-refractivity contribution is 7.14. The molecule has 3 rings (SSSR count). The molecular formula is C17H18N2OS. The Morgan fingerprint density at radius 2 is 2.00 bits per heavy atom. The van der Waals surface area contributed by atoms with Crippen LogP contribution in [0.2, 0.25) is 0 Å². The van der Waals surface area contributed by atoms with Gasteiger partial charge in [0.15, 0.2) is 0 Å². The zero-order chi connectivity index (χ0) is 14.8.